The van der Waals surface area contributed by atoms with Gasteiger partial charge >= 0.3 is 0 Å². The summed E-state index contributed by atoms with van der Waals surface area (Å²) in [6.45, 7) is 5.26. The van der Waals surface area contributed by atoms with E-state index in [1.165, 1.54) is 11.3 Å². The molecule has 0 aliphatic heterocycles. The SMILES string of the molecule is CC(C)Cn1cnnc1-c1ccc2nc(N)sc2c1. The molecule has 0 saturated heterocycles. The van der Waals surface area contributed by atoms with Gasteiger partial charge in [-0.1, -0.05) is 25.2 Å². The lowest BCUT2D eigenvalue weighted by Crippen LogP contribution is -2.05. The smallest absolute Gasteiger partial charge is 0.181 e. The van der Waals surface area contributed by atoms with E-state index in [0.717, 1.165) is 28.1 Å². The van der Waals surface area contributed by atoms with E-state index in [2.05, 4.69) is 39.7 Å². The average Bonchev–Trinajstić information content (AvgIpc) is 2.92. The highest BCUT2D eigenvalue weighted by atomic mass is 32.1. The van der Waals surface area contributed by atoms with Crippen LogP contribution in [0.15, 0.2) is 24.5 Å². The summed E-state index contributed by atoms with van der Waals surface area (Å²) < 4.78 is 3.16. The lowest BCUT2D eigenvalue weighted by molar-refractivity contribution is 0.525. The van der Waals surface area contributed by atoms with Gasteiger partial charge in [-0.2, -0.15) is 0 Å². The lowest BCUT2D eigenvalue weighted by Gasteiger charge is -2.08. The van der Waals surface area contributed by atoms with Gasteiger partial charge in [-0.15, -0.1) is 10.2 Å². The maximum Gasteiger partial charge on any atom is 0.181 e. The van der Waals surface area contributed by atoms with Crippen molar-refractivity contribution >= 4 is 26.7 Å². The quantitative estimate of drug-likeness (QED) is 0.796. The van der Waals surface area contributed by atoms with Crippen molar-refractivity contribution < 1.29 is 0 Å². The summed E-state index contributed by atoms with van der Waals surface area (Å²) >= 11 is 1.49. The Labute approximate surface area is 115 Å². The summed E-state index contributed by atoms with van der Waals surface area (Å²) in [5.41, 5.74) is 7.71. The van der Waals surface area contributed by atoms with Crippen molar-refractivity contribution in [1.82, 2.24) is 19.7 Å². The third kappa shape index (κ3) is 2.31. The zero-order chi connectivity index (χ0) is 13.4. The largest absolute Gasteiger partial charge is 0.375 e. The molecule has 98 valence electrons. The number of thiazole rings is 1. The molecule has 0 aliphatic rings. The molecule has 0 atom stereocenters. The van der Waals surface area contributed by atoms with Crippen LogP contribution in [0.5, 0.6) is 0 Å². The molecule has 2 N–H and O–H groups in total. The van der Waals surface area contributed by atoms with Crippen LogP contribution in [0.3, 0.4) is 0 Å². The van der Waals surface area contributed by atoms with Crippen LogP contribution in [0.1, 0.15) is 13.8 Å². The topological polar surface area (TPSA) is 69.6 Å². The van der Waals surface area contributed by atoms with Gasteiger partial charge < -0.3 is 10.3 Å². The molecule has 5 nitrogen and oxygen atoms in total. The average molecular weight is 273 g/mol. The first-order valence-corrected chi connectivity index (χ1v) is 6.99. The Morgan fingerprint density at radius 3 is 3.00 bits per heavy atom. The van der Waals surface area contributed by atoms with Crippen LogP contribution in [-0.4, -0.2) is 19.7 Å². The predicted octanol–water partition coefficient (Wildman–Crippen LogP) is 2.79. The van der Waals surface area contributed by atoms with E-state index in [0.29, 0.717) is 11.0 Å². The zero-order valence-corrected chi connectivity index (χ0v) is 11.7. The molecular formula is C13H15N5S. The van der Waals surface area contributed by atoms with Gasteiger partial charge in [0.05, 0.1) is 10.2 Å². The first-order chi connectivity index (χ1) is 9.13. The van der Waals surface area contributed by atoms with Crippen molar-refractivity contribution in [3.8, 4) is 11.4 Å². The highest BCUT2D eigenvalue weighted by molar-refractivity contribution is 7.22. The van der Waals surface area contributed by atoms with Crippen molar-refractivity contribution in [2.45, 2.75) is 20.4 Å². The number of nitrogens with zero attached hydrogens (tertiary/aromatic N) is 4. The van der Waals surface area contributed by atoms with E-state index < -0.39 is 0 Å². The monoisotopic (exact) mass is 273 g/mol. The van der Waals surface area contributed by atoms with Gasteiger partial charge in [-0.25, -0.2) is 4.98 Å². The lowest BCUT2D eigenvalue weighted by atomic mass is 10.2. The van der Waals surface area contributed by atoms with Crippen molar-refractivity contribution in [2.75, 3.05) is 5.73 Å². The van der Waals surface area contributed by atoms with Gasteiger partial charge in [0.25, 0.3) is 0 Å². The molecule has 0 bridgehead atoms. The summed E-state index contributed by atoms with van der Waals surface area (Å²) in [4.78, 5) is 4.26. The van der Waals surface area contributed by atoms with E-state index in [1.54, 1.807) is 6.33 Å². The molecule has 0 radical (unpaired) electrons. The van der Waals surface area contributed by atoms with Crippen LogP contribution in [0, 0.1) is 5.92 Å². The third-order valence-corrected chi connectivity index (χ3v) is 3.69. The summed E-state index contributed by atoms with van der Waals surface area (Å²) in [5, 5.41) is 8.83. The van der Waals surface area contributed by atoms with E-state index in [1.807, 2.05) is 12.1 Å². The molecule has 0 fully saturated rings. The van der Waals surface area contributed by atoms with Gasteiger partial charge in [-0.05, 0) is 24.1 Å². The summed E-state index contributed by atoms with van der Waals surface area (Å²) in [6, 6.07) is 6.07. The number of hydrogen-bond acceptors (Lipinski definition) is 5. The molecule has 0 aliphatic carbocycles. The van der Waals surface area contributed by atoms with Crippen LogP contribution in [0.4, 0.5) is 5.13 Å². The minimum Gasteiger partial charge on any atom is -0.375 e. The minimum atomic E-state index is 0.553. The molecule has 0 saturated carbocycles. The van der Waals surface area contributed by atoms with Crippen molar-refractivity contribution in [2.24, 2.45) is 5.92 Å². The first-order valence-electron chi connectivity index (χ1n) is 6.17. The number of nitrogen functional groups attached to an aromatic ring is 1. The molecule has 0 spiro atoms. The maximum absolute atomic E-state index is 5.73. The Balaban J connectivity index is 2.06. The number of hydrogen-bond donors (Lipinski definition) is 1. The normalized spacial score (nSPS) is 11.5. The minimum absolute atomic E-state index is 0.553. The van der Waals surface area contributed by atoms with Crippen LogP contribution < -0.4 is 5.73 Å². The molecule has 3 aromatic rings. The van der Waals surface area contributed by atoms with E-state index >= 15 is 0 Å². The molecule has 2 heterocycles. The molecule has 6 heteroatoms. The Kier molecular flexibility index (Phi) is 2.94. The zero-order valence-electron chi connectivity index (χ0n) is 10.9. The van der Waals surface area contributed by atoms with Crippen LogP contribution in [0.2, 0.25) is 0 Å². The second-order valence-electron chi connectivity index (χ2n) is 4.94. The van der Waals surface area contributed by atoms with Crippen LogP contribution in [-0.2, 0) is 6.54 Å². The number of fused-ring (bicyclic) bond motifs is 1. The first kappa shape index (κ1) is 12.1. The fourth-order valence-corrected chi connectivity index (χ4v) is 2.86. The van der Waals surface area contributed by atoms with E-state index in [4.69, 9.17) is 5.73 Å². The summed E-state index contributed by atoms with van der Waals surface area (Å²) in [6.07, 6.45) is 1.78. The second-order valence-corrected chi connectivity index (χ2v) is 6.00. The van der Waals surface area contributed by atoms with Gasteiger partial charge in [-0.3, -0.25) is 0 Å². The molecule has 0 amide bonds. The van der Waals surface area contributed by atoms with Gasteiger partial charge in [0.1, 0.15) is 6.33 Å². The fraction of sp³-hybridized carbons (Fsp3) is 0.308. The molecule has 2 aromatic heterocycles. The molecule has 19 heavy (non-hydrogen) atoms. The molecule has 3 rings (SSSR count). The highest BCUT2D eigenvalue weighted by Gasteiger charge is 2.10. The predicted molar refractivity (Wildman–Crippen MR) is 77.9 cm³/mol. The Morgan fingerprint density at radius 2 is 2.21 bits per heavy atom. The maximum atomic E-state index is 5.73. The van der Waals surface area contributed by atoms with Crippen LogP contribution in [0.25, 0.3) is 21.6 Å². The number of aromatic nitrogens is 4. The van der Waals surface area contributed by atoms with Crippen molar-refractivity contribution in [1.29, 1.82) is 0 Å². The second kappa shape index (κ2) is 4.62. The molecule has 1 aromatic carbocycles. The Morgan fingerprint density at radius 1 is 1.37 bits per heavy atom. The number of nitrogens with two attached hydrogens (primary N) is 1. The van der Waals surface area contributed by atoms with Gasteiger partial charge in [0.15, 0.2) is 11.0 Å². The van der Waals surface area contributed by atoms with Gasteiger partial charge in [0.2, 0.25) is 0 Å². The van der Waals surface area contributed by atoms with Crippen molar-refractivity contribution in [3.63, 3.8) is 0 Å². The molecular weight excluding hydrogens is 258 g/mol. The number of rotatable bonds is 3. The third-order valence-electron chi connectivity index (χ3n) is 2.84. The summed E-state index contributed by atoms with van der Waals surface area (Å²) in [5.74, 6) is 1.44. The number of benzene rings is 1. The fourth-order valence-electron chi connectivity index (χ4n) is 2.09. The highest BCUT2D eigenvalue weighted by Crippen LogP contribution is 2.28. The standard InChI is InChI=1S/C13H15N5S/c1-8(2)6-18-7-15-17-12(18)9-3-4-10-11(5-9)19-13(14)16-10/h3-5,7-8H,6H2,1-2H3,(H2,14,16). The Bertz CT molecular complexity index is 713. The van der Waals surface area contributed by atoms with E-state index in [9.17, 15) is 0 Å². The molecule has 0 unspecified atom stereocenters. The van der Waals surface area contributed by atoms with Crippen molar-refractivity contribution in [3.05, 3.63) is 24.5 Å². The Hall–Kier alpha value is -1.95. The number of anilines is 1. The summed E-state index contributed by atoms with van der Waals surface area (Å²) in [7, 11) is 0. The van der Waals surface area contributed by atoms with Gasteiger partial charge in [0, 0.05) is 12.1 Å². The van der Waals surface area contributed by atoms with E-state index in [-0.39, 0.29) is 0 Å². The van der Waals surface area contributed by atoms with Crippen LogP contribution >= 0.6 is 11.3 Å².